The van der Waals surface area contributed by atoms with Gasteiger partial charge in [-0.3, -0.25) is 9.59 Å². The molecule has 25 heavy (non-hydrogen) atoms. The molecule has 1 heterocycles. The van der Waals surface area contributed by atoms with E-state index in [0.717, 1.165) is 32.4 Å². The number of nitrogens with zero attached hydrogens (tertiary/aromatic N) is 1. The second-order valence-corrected chi connectivity index (χ2v) is 6.80. The van der Waals surface area contributed by atoms with E-state index >= 15 is 0 Å². The average Bonchev–Trinajstić information content (AvgIpc) is 2.64. The third kappa shape index (κ3) is 4.14. The van der Waals surface area contributed by atoms with Gasteiger partial charge >= 0.3 is 0 Å². The standard InChI is InChI=1S/C19H18Cl2N2O2/c20-15-9-8-13(12-16(15)21)18(24)22-17-7-3-2-6-14(17)19(25)23-10-4-1-5-11-23/h2-3,6-9,12H,1,4-5,10-11H2,(H,22,24). The first-order valence-electron chi connectivity index (χ1n) is 8.21. The van der Waals surface area contributed by atoms with E-state index in [1.54, 1.807) is 36.4 Å². The van der Waals surface area contributed by atoms with Crippen LogP contribution in [-0.4, -0.2) is 29.8 Å². The molecule has 0 atom stereocenters. The van der Waals surface area contributed by atoms with E-state index in [-0.39, 0.29) is 11.8 Å². The highest BCUT2D eigenvalue weighted by atomic mass is 35.5. The molecule has 2 aromatic carbocycles. The molecule has 0 saturated carbocycles. The Morgan fingerprint density at radius 1 is 0.920 bits per heavy atom. The number of carbonyl (C=O) groups is 2. The van der Waals surface area contributed by atoms with Gasteiger partial charge in [0.15, 0.2) is 0 Å². The molecule has 3 rings (SSSR count). The first-order valence-corrected chi connectivity index (χ1v) is 8.96. The Morgan fingerprint density at radius 3 is 2.36 bits per heavy atom. The fraction of sp³-hybridized carbons (Fsp3) is 0.263. The third-order valence-corrected chi connectivity index (χ3v) is 4.97. The lowest BCUT2D eigenvalue weighted by Gasteiger charge is -2.27. The van der Waals surface area contributed by atoms with Crippen molar-refractivity contribution < 1.29 is 9.59 Å². The van der Waals surface area contributed by atoms with Crippen molar-refractivity contribution in [2.24, 2.45) is 0 Å². The quantitative estimate of drug-likeness (QED) is 0.830. The molecule has 0 radical (unpaired) electrons. The van der Waals surface area contributed by atoms with E-state index in [4.69, 9.17) is 23.2 Å². The van der Waals surface area contributed by atoms with Crippen molar-refractivity contribution in [3.8, 4) is 0 Å². The maximum absolute atomic E-state index is 12.8. The first kappa shape index (κ1) is 17.8. The van der Waals surface area contributed by atoms with Crippen LogP contribution in [0.2, 0.25) is 10.0 Å². The number of hydrogen-bond donors (Lipinski definition) is 1. The van der Waals surface area contributed by atoms with Gasteiger partial charge in [-0.05, 0) is 49.6 Å². The number of carbonyl (C=O) groups excluding carboxylic acids is 2. The molecule has 0 bridgehead atoms. The van der Waals surface area contributed by atoms with Crippen LogP contribution in [0.3, 0.4) is 0 Å². The third-order valence-electron chi connectivity index (χ3n) is 4.23. The molecule has 6 heteroatoms. The number of para-hydroxylation sites is 1. The molecule has 2 amide bonds. The maximum atomic E-state index is 12.8. The normalized spacial score (nSPS) is 14.2. The fourth-order valence-corrected chi connectivity index (χ4v) is 3.18. The Bertz CT molecular complexity index is 802. The summed E-state index contributed by atoms with van der Waals surface area (Å²) in [6, 6.07) is 11.7. The molecule has 0 unspecified atom stereocenters. The van der Waals surface area contributed by atoms with Crippen LogP contribution >= 0.6 is 23.2 Å². The average molecular weight is 377 g/mol. The minimum atomic E-state index is -0.336. The number of hydrogen-bond acceptors (Lipinski definition) is 2. The van der Waals surface area contributed by atoms with Gasteiger partial charge in [-0.15, -0.1) is 0 Å². The molecule has 0 spiro atoms. The van der Waals surface area contributed by atoms with Gasteiger partial charge in [0.25, 0.3) is 11.8 Å². The van der Waals surface area contributed by atoms with Gasteiger partial charge in [-0.25, -0.2) is 0 Å². The van der Waals surface area contributed by atoms with Crippen LogP contribution in [0.5, 0.6) is 0 Å². The van der Waals surface area contributed by atoms with Crippen molar-refractivity contribution in [2.45, 2.75) is 19.3 Å². The second-order valence-electron chi connectivity index (χ2n) is 5.98. The van der Waals surface area contributed by atoms with Gasteiger partial charge in [0.1, 0.15) is 0 Å². The molecule has 1 N–H and O–H groups in total. The predicted molar refractivity (Wildman–Crippen MR) is 101 cm³/mol. The topological polar surface area (TPSA) is 49.4 Å². The molecule has 1 aliphatic rings. The lowest BCUT2D eigenvalue weighted by Crippen LogP contribution is -2.36. The van der Waals surface area contributed by atoms with Crippen LogP contribution in [0.15, 0.2) is 42.5 Å². The zero-order valence-corrected chi connectivity index (χ0v) is 15.1. The van der Waals surface area contributed by atoms with Gasteiger partial charge in [0, 0.05) is 18.7 Å². The van der Waals surface area contributed by atoms with Crippen LogP contribution in [0.4, 0.5) is 5.69 Å². The van der Waals surface area contributed by atoms with Crippen LogP contribution in [-0.2, 0) is 0 Å². The minimum absolute atomic E-state index is 0.0512. The Morgan fingerprint density at radius 2 is 1.64 bits per heavy atom. The van der Waals surface area contributed by atoms with Crippen molar-refractivity contribution in [3.05, 3.63) is 63.6 Å². The summed E-state index contributed by atoms with van der Waals surface area (Å²) in [4.78, 5) is 27.1. The van der Waals surface area contributed by atoms with E-state index in [1.807, 2.05) is 4.90 Å². The number of benzene rings is 2. The number of piperidine rings is 1. The number of halogens is 2. The van der Waals surface area contributed by atoms with E-state index < -0.39 is 0 Å². The number of rotatable bonds is 3. The lowest BCUT2D eigenvalue weighted by atomic mass is 10.1. The molecule has 1 fully saturated rings. The molecule has 2 aromatic rings. The molecule has 130 valence electrons. The molecule has 1 aliphatic heterocycles. The molecule has 0 aliphatic carbocycles. The summed E-state index contributed by atoms with van der Waals surface area (Å²) >= 11 is 11.9. The summed E-state index contributed by atoms with van der Waals surface area (Å²) in [5.41, 5.74) is 1.38. The van der Waals surface area contributed by atoms with Crippen molar-refractivity contribution >= 4 is 40.7 Å². The molecule has 0 aromatic heterocycles. The van der Waals surface area contributed by atoms with Gasteiger partial charge in [-0.2, -0.15) is 0 Å². The van der Waals surface area contributed by atoms with Gasteiger partial charge in [0.05, 0.1) is 21.3 Å². The Kier molecular flexibility index (Phi) is 5.61. The number of amides is 2. The van der Waals surface area contributed by atoms with E-state index in [9.17, 15) is 9.59 Å². The Labute approximate surface area is 156 Å². The Hall–Kier alpha value is -2.04. The predicted octanol–water partition coefficient (Wildman–Crippen LogP) is 4.87. The zero-order chi connectivity index (χ0) is 17.8. The first-order chi connectivity index (χ1) is 12.1. The SMILES string of the molecule is O=C(Nc1ccccc1C(=O)N1CCCCC1)c1ccc(Cl)c(Cl)c1. The van der Waals surface area contributed by atoms with Crippen LogP contribution < -0.4 is 5.32 Å². The van der Waals surface area contributed by atoms with Crippen molar-refractivity contribution in [1.82, 2.24) is 4.90 Å². The van der Waals surface area contributed by atoms with E-state index in [0.29, 0.717) is 26.9 Å². The van der Waals surface area contributed by atoms with Crippen LogP contribution in [0.25, 0.3) is 0 Å². The highest BCUT2D eigenvalue weighted by Gasteiger charge is 2.21. The summed E-state index contributed by atoms with van der Waals surface area (Å²) < 4.78 is 0. The zero-order valence-electron chi connectivity index (χ0n) is 13.6. The largest absolute Gasteiger partial charge is 0.339 e. The Balaban J connectivity index is 1.81. The maximum Gasteiger partial charge on any atom is 0.255 e. The summed E-state index contributed by atoms with van der Waals surface area (Å²) in [5, 5.41) is 3.51. The van der Waals surface area contributed by atoms with Crippen LogP contribution in [0.1, 0.15) is 40.0 Å². The van der Waals surface area contributed by atoms with Gasteiger partial charge < -0.3 is 10.2 Å². The van der Waals surface area contributed by atoms with Crippen molar-refractivity contribution in [2.75, 3.05) is 18.4 Å². The number of nitrogens with one attached hydrogen (secondary N) is 1. The van der Waals surface area contributed by atoms with Crippen molar-refractivity contribution in [1.29, 1.82) is 0 Å². The monoisotopic (exact) mass is 376 g/mol. The molecular weight excluding hydrogens is 359 g/mol. The van der Waals surface area contributed by atoms with E-state index in [2.05, 4.69) is 5.32 Å². The molecule has 1 saturated heterocycles. The summed E-state index contributed by atoms with van der Waals surface area (Å²) in [5.74, 6) is -0.387. The summed E-state index contributed by atoms with van der Waals surface area (Å²) in [7, 11) is 0. The van der Waals surface area contributed by atoms with Gasteiger partial charge in [0.2, 0.25) is 0 Å². The smallest absolute Gasteiger partial charge is 0.255 e. The summed E-state index contributed by atoms with van der Waals surface area (Å²) in [6.45, 7) is 1.52. The van der Waals surface area contributed by atoms with Gasteiger partial charge in [-0.1, -0.05) is 35.3 Å². The van der Waals surface area contributed by atoms with Crippen LogP contribution in [0, 0.1) is 0 Å². The van der Waals surface area contributed by atoms with Crippen molar-refractivity contribution in [3.63, 3.8) is 0 Å². The molecular formula is C19H18Cl2N2O2. The number of anilines is 1. The lowest BCUT2D eigenvalue weighted by molar-refractivity contribution is 0.0725. The second kappa shape index (κ2) is 7.89. The van der Waals surface area contributed by atoms with E-state index in [1.165, 1.54) is 6.07 Å². The summed E-state index contributed by atoms with van der Waals surface area (Å²) in [6.07, 6.45) is 3.19. The highest BCUT2D eigenvalue weighted by molar-refractivity contribution is 6.42. The highest BCUT2D eigenvalue weighted by Crippen LogP contribution is 2.24. The minimum Gasteiger partial charge on any atom is -0.339 e. The molecule has 4 nitrogen and oxygen atoms in total. The fourth-order valence-electron chi connectivity index (χ4n) is 2.88. The number of likely N-dealkylation sites (tertiary alicyclic amines) is 1.